The lowest BCUT2D eigenvalue weighted by Crippen LogP contribution is -2.51. The fraction of sp³-hybridized carbons (Fsp3) is 0.400. The Bertz CT molecular complexity index is 1050. The van der Waals surface area contributed by atoms with Gasteiger partial charge in [-0.3, -0.25) is 9.48 Å². The molecule has 2 aromatic heterocycles. The summed E-state index contributed by atoms with van der Waals surface area (Å²) in [7, 11) is 1.88. The van der Waals surface area contributed by atoms with Crippen LogP contribution in [0.1, 0.15) is 35.2 Å². The number of carbonyl (C=O) groups is 1. The zero-order chi connectivity index (χ0) is 18.6. The van der Waals surface area contributed by atoms with E-state index in [0.29, 0.717) is 6.42 Å². The smallest absolute Gasteiger partial charge is 0.170 e. The van der Waals surface area contributed by atoms with Gasteiger partial charge in [-0.15, -0.1) is 0 Å². The van der Waals surface area contributed by atoms with E-state index in [1.165, 1.54) is 0 Å². The number of piperidine rings is 1. The molecule has 1 fully saturated rings. The van der Waals surface area contributed by atoms with E-state index in [-0.39, 0.29) is 5.78 Å². The molecule has 27 heavy (non-hydrogen) atoms. The molecule has 0 saturated carbocycles. The number of fused-ring (bicyclic) bond motifs is 2. The Morgan fingerprint density at radius 1 is 1.19 bits per heavy atom. The van der Waals surface area contributed by atoms with Crippen LogP contribution in [0.25, 0.3) is 11.0 Å². The Balaban J connectivity index is 1.40. The van der Waals surface area contributed by atoms with Crippen LogP contribution in [0.3, 0.4) is 0 Å². The normalized spacial score (nSPS) is 18.6. The first-order chi connectivity index (χ1) is 13.0. The molecule has 4 heterocycles. The maximum absolute atomic E-state index is 12.7. The number of rotatable bonds is 1. The molecule has 0 amide bonds. The van der Waals surface area contributed by atoms with Crippen LogP contribution < -0.4 is 9.64 Å². The molecule has 0 atom stereocenters. The fourth-order valence-corrected chi connectivity index (χ4v) is 4.21. The maximum Gasteiger partial charge on any atom is 0.170 e. The number of anilines is 1. The third-order valence-electron chi connectivity index (χ3n) is 5.73. The highest BCUT2D eigenvalue weighted by Gasteiger charge is 2.43. The highest BCUT2D eigenvalue weighted by Crippen LogP contribution is 2.40. The van der Waals surface area contributed by atoms with Crippen LogP contribution in [-0.2, 0) is 7.05 Å². The minimum absolute atomic E-state index is 0.185. The number of benzene rings is 1. The van der Waals surface area contributed by atoms with Gasteiger partial charge in [-0.2, -0.15) is 5.10 Å². The van der Waals surface area contributed by atoms with Gasteiger partial charge in [0.15, 0.2) is 11.4 Å². The summed E-state index contributed by atoms with van der Waals surface area (Å²) in [6.45, 7) is 3.57. The molecule has 0 bridgehead atoms. The molecule has 3 aromatic rings. The molecule has 1 saturated heterocycles. The van der Waals surface area contributed by atoms with E-state index in [1.54, 1.807) is 11.0 Å². The van der Waals surface area contributed by atoms with Crippen molar-refractivity contribution in [2.24, 2.45) is 7.05 Å². The van der Waals surface area contributed by atoms with Gasteiger partial charge in [0.25, 0.3) is 0 Å². The molecule has 0 N–H and O–H groups in total. The topological polar surface area (TPSA) is 73.1 Å². The highest BCUT2D eigenvalue weighted by atomic mass is 16.5. The predicted octanol–water partition coefficient (Wildman–Crippen LogP) is 2.68. The minimum Gasteiger partial charge on any atom is -0.486 e. The van der Waals surface area contributed by atoms with E-state index in [2.05, 4.69) is 20.0 Å². The second-order valence-corrected chi connectivity index (χ2v) is 7.57. The summed E-state index contributed by atoms with van der Waals surface area (Å²) < 4.78 is 8.12. The van der Waals surface area contributed by atoms with Crippen LogP contribution in [0, 0.1) is 6.92 Å². The maximum atomic E-state index is 12.7. The summed E-state index contributed by atoms with van der Waals surface area (Å²) in [5.41, 5.74) is 2.22. The Kier molecular flexibility index (Phi) is 3.47. The number of aromatic nitrogens is 4. The lowest BCUT2D eigenvalue weighted by atomic mass is 9.82. The SMILES string of the molecule is Cc1ccc2c(c1)C(=O)CC1(CCN(c3ncnc4c3cnn4C)CC1)O2. The molecule has 138 valence electrons. The molecule has 0 radical (unpaired) electrons. The number of ether oxygens (including phenoxy) is 1. The van der Waals surface area contributed by atoms with E-state index < -0.39 is 5.60 Å². The van der Waals surface area contributed by atoms with Crippen LogP contribution in [0.2, 0.25) is 0 Å². The van der Waals surface area contributed by atoms with Gasteiger partial charge >= 0.3 is 0 Å². The Labute approximate surface area is 157 Å². The molecular weight excluding hydrogens is 342 g/mol. The van der Waals surface area contributed by atoms with Crippen molar-refractivity contribution in [2.75, 3.05) is 18.0 Å². The van der Waals surface area contributed by atoms with Gasteiger partial charge in [0.05, 0.1) is 23.6 Å². The van der Waals surface area contributed by atoms with Crippen molar-refractivity contribution >= 4 is 22.6 Å². The standard InChI is InChI=1S/C20H21N5O2/c1-13-3-4-17-14(9-13)16(26)10-20(27-17)5-7-25(8-6-20)19-15-11-23-24(2)18(15)21-12-22-19/h3-4,9,11-12H,5-8,10H2,1-2H3. The van der Waals surface area contributed by atoms with E-state index in [4.69, 9.17) is 4.74 Å². The summed E-state index contributed by atoms with van der Waals surface area (Å²) in [5, 5.41) is 5.25. The minimum atomic E-state index is -0.406. The Hall–Kier alpha value is -2.96. The predicted molar refractivity (Wildman–Crippen MR) is 101 cm³/mol. The summed E-state index contributed by atoms with van der Waals surface area (Å²) in [4.78, 5) is 23.8. The number of hydrogen-bond donors (Lipinski definition) is 0. The van der Waals surface area contributed by atoms with Crippen molar-refractivity contribution < 1.29 is 9.53 Å². The number of aryl methyl sites for hydroxylation is 2. The van der Waals surface area contributed by atoms with Gasteiger partial charge in [-0.05, 0) is 19.1 Å². The first-order valence-corrected chi connectivity index (χ1v) is 9.25. The second-order valence-electron chi connectivity index (χ2n) is 7.57. The molecule has 1 spiro atoms. The van der Waals surface area contributed by atoms with Crippen molar-refractivity contribution in [3.8, 4) is 5.75 Å². The number of hydrogen-bond acceptors (Lipinski definition) is 6. The van der Waals surface area contributed by atoms with Gasteiger partial charge in [0, 0.05) is 33.0 Å². The molecule has 5 rings (SSSR count). The lowest BCUT2D eigenvalue weighted by Gasteiger charge is -2.44. The summed E-state index contributed by atoms with van der Waals surface area (Å²) >= 11 is 0. The number of carbonyl (C=O) groups excluding carboxylic acids is 1. The van der Waals surface area contributed by atoms with Crippen LogP contribution in [0.5, 0.6) is 5.75 Å². The molecule has 1 aromatic carbocycles. The number of Topliss-reactive ketones (excluding diaryl/α,β-unsaturated/α-hetero) is 1. The number of ketones is 1. The van der Waals surface area contributed by atoms with Crippen LogP contribution in [-0.4, -0.2) is 44.2 Å². The monoisotopic (exact) mass is 363 g/mol. The first kappa shape index (κ1) is 16.2. The average molecular weight is 363 g/mol. The quantitative estimate of drug-likeness (QED) is 0.662. The Morgan fingerprint density at radius 3 is 2.81 bits per heavy atom. The molecular formula is C20H21N5O2. The highest BCUT2D eigenvalue weighted by molar-refractivity contribution is 6.00. The van der Waals surface area contributed by atoms with E-state index in [0.717, 1.165) is 59.7 Å². The molecule has 0 unspecified atom stereocenters. The van der Waals surface area contributed by atoms with Gasteiger partial charge < -0.3 is 9.64 Å². The zero-order valence-corrected chi connectivity index (χ0v) is 15.5. The lowest BCUT2D eigenvalue weighted by molar-refractivity contribution is 0.0231. The summed E-state index contributed by atoms with van der Waals surface area (Å²) in [6.07, 6.45) is 5.43. The zero-order valence-electron chi connectivity index (χ0n) is 15.5. The van der Waals surface area contributed by atoms with Crippen LogP contribution in [0.15, 0.2) is 30.7 Å². The van der Waals surface area contributed by atoms with E-state index >= 15 is 0 Å². The first-order valence-electron chi connectivity index (χ1n) is 9.25. The van der Waals surface area contributed by atoms with Crippen molar-refractivity contribution in [1.29, 1.82) is 0 Å². The van der Waals surface area contributed by atoms with Crippen molar-refractivity contribution in [2.45, 2.75) is 31.8 Å². The van der Waals surface area contributed by atoms with E-state index in [9.17, 15) is 4.79 Å². The number of nitrogens with zero attached hydrogens (tertiary/aromatic N) is 5. The summed E-state index contributed by atoms with van der Waals surface area (Å²) in [5.74, 6) is 1.81. The van der Waals surface area contributed by atoms with Crippen LogP contribution in [0.4, 0.5) is 5.82 Å². The van der Waals surface area contributed by atoms with Crippen molar-refractivity contribution in [3.05, 3.63) is 41.9 Å². The molecule has 7 nitrogen and oxygen atoms in total. The van der Waals surface area contributed by atoms with Crippen molar-refractivity contribution in [1.82, 2.24) is 19.7 Å². The molecule has 7 heteroatoms. The van der Waals surface area contributed by atoms with E-state index in [1.807, 2.05) is 38.4 Å². The molecule has 2 aliphatic rings. The third kappa shape index (κ3) is 2.57. The van der Waals surface area contributed by atoms with Gasteiger partial charge in [0.2, 0.25) is 0 Å². The average Bonchev–Trinajstić information content (AvgIpc) is 3.05. The van der Waals surface area contributed by atoms with Gasteiger partial charge in [0.1, 0.15) is 23.5 Å². The van der Waals surface area contributed by atoms with Gasteiger partial charge in [-0.1, -0.05) is 11.6 Å². The largest absolute Gasteiger partial charge is 0.486 e. The Morgan fingerprint density at radius 2 is 2.00 bits per heavy atom. The second kappa shape index (κ2) is 5.77. The molecule has 0 aliphatic carbocycles. The third-order valence-corrected chi connectivity index (χ3v) is 5.73. The molecule has 2 aliphatic heterocycles. The van der Waals surface area contributed by atoms with Gasteiger partial charge in [-0.25, -0.2) is 9.97 Å². The fourth-order valence-electron chi connectivity index (χ4n) is 4.21. The summed E-state index contributed by atoms with van der Waals surface area (Å²) in [6, 6.07) is 5.86. The van der Waals surface area contributed by atoms with Crippen LogP contribution >= 0.6 is 0 Å². The van der Waals surface area contributed by atoms with Crippen molar-refractivity contribution in [3.63, 3.8) is 0 Å².